The topological polar surface area (TPSA) is 83.0 Å². The van der Waals surface area contributed by atoms with Gasteiger partial charge in [-0.1, -0.05) is 6.07 Å². The van der Waals surface area contributed by atoms with Gasteiger partial charge < -0.3 is 15.2 Å². The lowest BCUT2D eigenvalue weighted by atomic mass is 9.87. The van der Waals surface area contributed by atoms with Gasteiger partial charge in [0, 0.05) is 51.8 Å². The number of imidazole rings is 1. The highest BCUT2D eigenvalue weighted by Gasteiger charge is 2.47. The fourth-order valence-corrected chi connectivity index (χ4v) is 3.52. The first kappa shape index (κ1) is 20.0. The van der Waals surface area contributed by atoms with Crippen LogP contribution in [0, 0.1) is 5.82 Å². The van der Waals surface area contributed by atoms with E-state index < -0.39 is 23.3 Å². The Bertz CT molecular complexity index is 1160. The minimum Gasteiger partial charge on any atom is -0.356 e. The van der Waals surface area contributed by atoms with E-state index in [0.717, 1.165) is 6.07 Å². The molecule has 1 aromatic carbocycles. The molecule has 30 heavy (non-hydrogen) atoms. The molecule has 158 valence electrons. The summed E-state index contributed by atoms with van der Waals surface area (Å²) >= 11 is 0. The molecule has 0 saturated heterocycles. The number of carbonyl (C=O) groups is 1. The summed E-state index contributed by atoms with van der Waals surface area (Å²) in [5, 5.41) is 2.62. The van der Waals surface area contributed by atoms with Crippen LogP contribution in [0.5, 0.6) is 0 Å². The zero-order valence-corrected chi connectivity index (χ0v) is 16.4. The molecule has 1 aliphatic carbocycles. The Morgan fingerprint density at radius 2 is 2.10 bits per heavy atom. The lowest BCUT2D eigenvalue weighted by Crippen LogP contribution is -2.49. The van der Waals surface area contributed by atoms with Crippen LogP contribution in [0.25, 0.3) is 11.0 Å². The van der Waals surface area contributed by atoms with E-state index in [0.29, 0.717) is 22.4 Å². The van der Waals surface area contributed by atoms with E-state index >= 15 is 0 Å². The van der Waals surface area contributed by atoms with Gasteiger partial charge >= 0.3 is 5.69 Å². The molecule has 7 nitrogen and oxygen atoms in total. The molecule has 4 rings (SSSR count). The number of fused-ring (bicyclic) bond motifs is 1. The zero-order chi connectivity index (χ0) is 21.6. The van der Waals surface area contributed by atoms with Crippen molar-refractivity contribution in [2.75, 3.05) is 11.9 Å². The number of halogens is 3. The van der Waals surface area contributed by atoms with Crippen molar-refractivity contribution >= 4 is 22.8 Å². The van der Waals surface area contributed by atoms with Crippen LogP contribution >= 0.6 is 0 Å². The zero-order valence-electron chi connectivity index (χ0n) is 16.4. The van der Waals surface area contributed by atoms with E-state index in [-0.39, 0.29) is 31.0 Å². The Labute approximate surface area is 169 Å². The van der Waals surface area contributed by atoms with Crippen LogP contribution in [0.4, 0.5) is 19.0 Å². The predicted octanol–water partition coefficient (Wildman–Crippen LogP) is 2.56. The molecule has 2 heterocycles. The monoisotopic (exact) mass is 419 g/mol. The fraction of sp³-hybridized carbons (Fsp3) is 0.350. The quantitative estimate of drug-likeness (QED) is 0.666. The first-order chi connectivity index (χ1) is 14.1. The van der Waals surface area contributed by atoms with Crippen molar-refractivity contribution in [3.05, 3.63) is 57.9 Å². The summed E-state index contributed by atoms with van der Waals surface area (Å²) in [6.07, 6.45) is 1.16. The molecule has 0 spiro atoms. The molecule has 3 aromatic rings. The van der Waals surface area contributed by atoms with Gasteiger partial charge in [-0.15, -0.1) is 0 Å². The SMILES string of the molecule is CN(c1ccc(CNC(=O)c2cc3[nH]c(=O)n(C)c3cc2F)cn1)C1CC(F)(F)C1. The second-order valence-electron chi connectivity index (χ2n) is 7.57. The number of aromatic nitrogens is 3. The van der Waals surface area contributed by atoms with Gasteiger partial charge in [0.15, 0.2) is 0 Å². The summed E-state index contributed by atoms with van der Waals surface area (Å²) in [4.78, 5) is 32.6. The van der Waals surface area contributed by atoms with Crippen molar-refractivity contribution < 1.29 is 18.0 Å². The molecule has 0 radical (unpaired) electrons. The van der Waals surface area contributed by atoms with Gasteiger partial charge in [0.25, 0.3) is 11.8 Å². The van der Waals surface area contributed by atoms with Crippen LogP contribution in [0.2, 0.25) is 0 Å². The number of amides is 1. The smallest absolute Gasteiger partial charge is 0.326 e. The van der Waals surface area contributed by atoms with Gasteiger partial charge in [-0.3, -0.25) is 9.36 Å². The molecule has 1 aliphatic rings. The highest BCUT2D eigenvalue weighted by molar-refractivity contribution is 5.97. The standard InChI is InChI=1S/C20H20F3N5O2/c1-27(12-7-20(22,23)8-12)17-4-3-11(9-24-17)10-25-18(29)13-5-15-16(6-14(13)21)28(2)19(30)26-15/h3-6,9,12H,7-8,10H2,1-2H3,(H,25,29)(H,26,30). The van der Waals surface area contributed by atoms with E-state index in [9.17, 15) is 22.8 Å². The Balaban J connectivity index is 1.41. The van der Waals surface area contributed by atoms with Crippen LogP contribution in [0.3, 0.4) is 0 Å². The second kappa shape index (κ2) is 7.19. The van der Waals surface area contributed by atoms with Gasteiger partial charge in [0.05, 0.1) is 16.6 Å². The molecule has 0 aliphatic heterocycles. The number of nitrogens with one attached hydrogen (secondary N) is 2. The van der Waals surface area contributed by atoms with Gasteiger partial charge in [0.2, 0.25) is 0 Å². The van der Waals surface area contributed by atoms with E-state index in [4.69, 9.17) is 0 Å². The Morgan fingerprint density at radius 3 is 2.73 bits per heavy atom. The third kappa shape index (κ3) is 3.64. The Hall–Kier alpha value is -3.30. The molecule has 2 aromatic heterocycles. The average molecular weight is 419 g/mol. The van der Waals surface area contributed by atoms with Crippen LogP contribution in [-0.4, -0.2) is 39.5 Å². The highest BCUT2D eigenvalue weighted by atomic mass is 19.3. The van der Waals surface area contributed by atoms with Crippen LogP contribution in [0.15, 0.2) is 35.3 Å². The number of rotatable bonds is 5. The molecule has 1 fully saturated rings. The summed E-state index contributed by atoms with van der Waals surface area (Å²) in [7, 11) is 3.22. The highest BCUT2D eigenvalue weighted by Crippen LogP contribution is 2.40. The minimum absolute atomic E-state index is 0.111. The molecule has 10 heteroatoms. The van der Waals surface area contributed by atoms with Crippen LogP contribution in [0.1, 0.15) is 28.8 Å². The number of aryl methyl sites for hydroxylation is 1. The first-order valence-electron chi connectivity index (χ1n) is 9.37. The summed E-state index contributed by atoms with van der Waals surface area (Å²) < 4.78 is 41.7. The summed E-state index contributed by atoms with van der Waals surface area (Å²) in [5.74, 6) is -3.40. The van der Waals surface area contributed by atoms with Crippen molar-refractivity contribution in [3.8, 4) is 0 Å². The van der Waals surface area contributed by atoms with E-state index in [2.05, 4.69) is 15.3 Å². The molecule has 1 saturated carbocycles. The fourth-order valence-electron chi connectivity index (χ4n) is 3.52. The molecule has 1 amide bonds. The maximum Gasteiger partial charge on any atom is 0.326 e. The second-order valence-corrected chi connectivity index (χ2v) is 7.57. The van der Waals surface area contributed by atoms with Gasteiger partial charge in [0.1, 0.15) is 11.6 Å². The molecule has 0 atom stereocenters. The van der Waals surface area contributed by atoms with Crippen molar-refractivity contribution in [2.45, 2.75) is 31.4 Å². The van der Waals surface area contributed by atoms with Gasteiger partial charge in [-0.25, -0.2) is 22.9 Å². The van der Waals surface area contributed by atoms with Gasteiger partial charge in [-0.05, 0) is 17.7 Å². The number of H-pyrrole nitrogens is 1. The van der Waals surface area contributed by atoms with Crippen molar-refractivity contribution in [2.24, 2.45) is 7.05 Å². The third-order valence-corrected chi connectivity index (χ3v) is 5.48. The number of pyridine rings is 1. The molecule has 2 N–H and O–H groups in total. The maximum absolute atomic E-state index is 14.3. The van der Waals surface area contributed by atoms with Gasteiger partial charge in [-0.2, -0.15) is 0 Å². The average Bonchev–Trinajstić information content (AvgIpc) is 2.97. The molecular weight excluding hydrogens is 399 g/mol. The maximum atomic E-state index is 14.3. The van der Waals surface area contributed by atoms with E-state index in [1.165, 1.54) is 23.9 Å². The lowest BCUT2D eigenvalue weighted by molar-refractivity contribution is -0.0850. The Kier molecular flexibility index (Phi) is 4.79. The largest absolute Gasteiger partial charge is 0.356 e. The molecule has 0 bridgehead atoms. The number of aromatic amines is 1. The molecular formula is C20H20F3N5O2. The normalized spacial score (nSPS) is 15.8. The number of hydrogen-bond acceptors (Lipinski definition) is 4. The number of anilines is 1. The van der Waals surface area contributed by atoms with Crippen molar-refractivity contribution in [3.63, 3.8) is 0 Å². The van der Waals surface area contributed by atoms with E-state index in [1.807, 2.05) is 0 Å². The van der Waals surface area contributed by atoms with Crippen LogP contribution in [-0.2, 0) is 13.6 Å². The number of alkyl halides is 2. The summed E-state index contributed by atoms with van der Waals surface area (Å²) in [5.41, 5.74) is 0.823. The van der Waals surface area contributed by atoms with Crippen molar-refractivity contribution in [1.82, 2.24) is 19.9 Å². The summed E-state index contributed by atoms with van der Waals surface area (Å²) in [6, 6.07) is 5.61. The minimum atomic E-state index is -2.60. The lowest BCUT2D eigenvalue weighted by Gasteiger charge is -2.41. The Morgan fingerprint density at radius 1 is 1.37 bits per heavy atom. The van der Waals surface area contributed by atoms with Crippen LogP contribution < -0.4 is 15.9 Å². The summed E-state index contributed by atoms with van der Waals surface area (Å²) in [6.45, 7) is 0.111. The van der Waals surface area contributed by atoms with Crippen molar-refractivity contribution in [1.29, 1.82) is 0 Å². The third-order valence-electron chi connectivity index (χ3n) is 5.48. The van der Waals surface area contributed by atoms with E-state index in [1.54, 1.807) is 24.1 Å². The predicted molar refractivity (Wildman–Crippen MR) is 105 cm³/mol. The first-order valence-corrected chi connectivity index (χ1v) is 9.37. The number of carbonyl (C=O) groups excluding carboxylic acids is 1. The molecule has 0 unspecified atom stereocenters. The number of hydrogen-bond donors (Lipinski definition) is 2. The number of benzene rings is 1. The number of nitrogens with zero attached hydrogens (tertiary/aromatic N) is 3.